The van der Waals surface area contributed by atoms with Crippen LogP contribution in [0.15, 0.2) is 29.1 Å². The molecule has 1 saturated heterocycles. The molecule has 1 aromatic carbocycles. The first-order valence-corrected chi connectivity index (χ1v) is 11.2. The number of hydrogen-bond acceptors (Lipinski definition) is 8. The average molecular weight is 460 g/mol. The highest BCUT2D eigenvalue weighted by atomic mass is 35.5. The third kappa shape index (κ3) is 4.47. The zero-order valence-corrected chi connectivity index (χ0v) is 19.8. The van der Waals surface area contributed by atoms with Gasteiger partial charge in [0.05, 0.1) is 49.6 Å². The van der Waals surface area contributed by atoms with Crippen LogP contribution in [0.1, 0.15) is 49.5 Å². The predicted octanol–water partition coefficient (Wildman–Crippen LogP) is 3.75. The summed E-state index contributed by atoms with van der Waals surface area (Å²) in [6.07, 6.45) is 2.26. The van der Waals surface area contributed by atoms with E-state index in [1.54, 1.807) is 18.3 Å². The second-order valence-electron chi connectivity index (χ2n) is 9.29. The molecule has 1 fully saturated rings. The Hall–Kier alpha value is -2.58. The SMILES string of the molecule is COc1c(N2CCOCC2)cc(C(=O)CC2=NN3CN(Cl)C=C3CC2=N)cc1C(C)(C)C. The Labute approximate surface area is 194 Å². The third-order valence-corrected chi connectivity index (χ3v) is 6.13. The number of carbonyl (C=O) groups excluding carboxylic acids is 1. The van der Waals surface area contributed by atoms with Crippen LogP contribution in [0.3, 0.4) is 0 Å². The molecule has 3 aliphatic heterocycles. The quantitative estimate of drug-likeness (QED) is 0.533. The number of ketones is 1. The number of anilines is 1. The normalized spacial score (nSPS) is 19.0. The maximum atomic E-state index is 13.4. The number of nitrogens with zero attached hydrogens (tertiary/aromatic N) is 4. The van der Waals surface area contributed by atoms with Gasteiger partial charge in [-0.25, -0.2) is 5.01 Å². The summed E-state index contributed by atoms with van der Waals surface area (Å²) in [5.41, 5.74) is 4.00. The van der Waals surface area contributed by atoms with Crippen molar-refractivity contribution < 1.29 is 14.3 Å². The molecule has 1 N–H and O–H groups in total. The van der Waals surface area contributed by atoms with Gasteiger partial charge in [0.15, 0.2) is 5.78 Å². The molecule has 3 aliphatic rings. The molecule has 0 radical (unpaired) electrons. The number of hydrazone groups is 1. The number of halogens is 1. The van der Waals surface area contributed by atoms with Crippen LogP contribution >= 0.6 is 11.8 Å². The van der Waals surface area contributed by atoms with E-state index in [1.807, 2.05) is 12.1 Å². The van der Waals surface area contributed by atoms with Crippen LogP contribution < -0.4 is 9.64 Å². The van der Waals surface area contributed by atoms with Gasteiger partial charge in [0.1, 0.15) is 12.4 Å². The van der Waals surface area contributed by atoms with E-state index in [4.69, 9.17) is 26.7 Å². The van der Waals surface area contributed by atoms with E-state index >= 15 is 0 Å². The molecule has 4 rings (SSSR count). The molecule has 0 atom stereocenters. The van der Waals surface area contributed by atoms with E-state index in [2.05, 4.69) is 30.8 Å². The number of hydrogen-bond donors (Lipinski definition) is 1. The van der Waals surface area contributed by atoms with Crippen LogP contribution in [0.2, 0.25) is 0 Å². The van der Waals surface area contributed by atoms with Crippen molar-refractivity contribution in [2.24, 2.45) is 5.10 Å². The highest BCUT2D eigenvalue weighted by Gasteiger charge is 2.30. The van der Waals surface area contributed by atoms with Gasteiger partial charge in [-0.1, -0.05) is 20.8 Å². The Kier molecular flexibility index (Phi) is 6.18. The van der Waals surface area contributed by atoms with Gasteiger partial charge in [-0.2, -0.15) is 5.10 Å². The number of benzene rings is 1. The van der Waals surface area contributed by atoms with E-state index in [-0.39, 0.29) is 17.6 Å². The van der Waals surface area contributed by atoms with E-state index in [0.29, 0.717) is 43.3 Å². The first-order chi connectivity index (χ1) is 15.2. The molecule has 0 saturated carbocycles. The Morgan fingerprint density at radius 3 is 2.66 bits per heavy atom. The summed E-state index contributed by atoms with van der Waals surface area (Å²) in [6.45, 7) is 9.53. The minimum absolute atomic E-state index is 0.0643. The fourth-order valence-corrected chi connectivity index (χ4v) is 4.41. The van der Waals surface area contributed by atoms with Crippen molar-refractivity contribution in [1.82, 2.24) is 9.43 Å². The topological polar surface area (TPSA) is 81.5 Å². The molecule has 172 valence electrons. The fourth-order valence-electron chi connectivity index (χ4n) is 4.19. The molecule has 1 aromatic rings. The van der Waals surface area contributed by atoms with Crippen LogP contribution in [0.25, 0.3) is 0 Å². The monoisotopic (exact) mass is 459 g/mol. The van der Waals surface area contributed by atoms with Crippen molar-refractivity contribution in [3.05, 3.63) is 35.2 Å². The van der Waals surface area contributed by atoms with Crippen molar-refractivity contribution >= 4 is 34.7 Å². The molecule has 0 aliphatic carbocycles. The highest BCUT2D eigenvalue weighted by molar-refractivity contribution is 6.45. The Balaban J connectivity index is 1.68. The second kappa shape index (κ2) is 8.75. The molecular weight excluding hydrogens is 430 g/mol. The molecular formula is C23H30ClN5O3. The number of carbonyl (C=O) groups is 1. The molecule has 0 spiro atoms. The largest absolute Gasteiger partial charge is 0.494 e. The lowest BCUT2D eigenvalue weighted by Crippen LogP contribution is -2.37. The van der Waals surface area contributed by atoms with E-state index in [1.165, 1.54) is 4.42 Å². The summed E-state index contributed by atoms with van der Waals surface area (Å²) >= 11 is 6.05. The molecule has 8 nitrogen and oxygen atoms in total. The van der Waals surface area contributed by atoms with Crippen LogP contribution in [0.5, 0.6) is 5.75 Å². The van der Waals surface area contributed by atoms with Gasteiger partial charge < -0.3 is 19.8 Å². The Morgan fingerprint density at radius 2 is 2.00 bits per heavy atom. The average Bonchev–Trinajstić information content (AvgIpc) is 3.11. The molecule has 0 bridgehead atoms. The maximum absolute atomic E-state index is 13.4. The van der Waals surface area contributed by atoms with E-state index in [0.717, 1.165) is 35.8 Å². The number of fused-ring (bicyclic) bond motifs is 1. The number of methoxy groups -OCH3 is 1. The van der Waals surface area contributed by atoms with E-state index < -0.39 is 0 Å². The minimum atomic E-state index is -0.212. The molecule has 0 aromatic heterocycles. The van der Waals surface area contributed by atoms with Gasteiger partial charge >= 0.3 is 0 Å². The lowest BCUT2D eigenvalue weighted by Gasteiger charge is -2.33. The molecule has 32 heavy (non-hydrogen) atoms. The number of rotatable bonds is 5. The number of Topliss-reactive ketones (excluding diaryl/α,β-unsaturated/α-hetero) is 1. The Bertz CT molecular complexity index is 992. The summed E-state index contributed by atoms with van der Waals surface area (Å²) in [7, 11) is 1.68. The number of ether oxygens (including phenoxy) is 2. The summed E-state index contributed by atoms with van der Waals surface area (Å²) < 4.78 is 12.9. The number of allylic oxidation sites excluding steroid dienone is 1. The Morgan fingerprint density at radius 1 is 1.28 bits per heavy atom. The standard InChI is InChI=1S/C23H30ClN5O3/c1-23(2,3)17-9-15(10-20(22(17)31-4)27-5-7-32-8-6-27)21(30)12-19-18(25)11-16-13-28(24)14-29(16)26-19/h9-10,13,25H,5-8,11-12,14H2,1-4H3. The van der Waals surface area contributed by atoms with Gasteiger partial charge in [0, 0.05) is 48.6 Å². The second-order valence-corrected chi connectivity index (χ2v) is 9.72. The van der Waals surface area contributed by atoms with Crippen molar-refractivity contribution in [3.8, 4) is 5.75 Å². The highest BCUT2D eigenvalue weighted by Crippen LogP contribution is 2.40. The molecule has 3 heterocycles. The maximum Gasteiger partial charge on any atom is 0.169 e. The van der Waals surface area contributed by atoms with Gasteiger partial charge in [0.25, 0.3) is 0 Å². The van der Waals surface area contributed by atoms with Crippen molar-refractivity contribution in [2.75, 3.05) is 45.0 Å². The van der Waals surface area contributed by atoms with Gasteiger partial charge in [-0.3, -0.25) is 9.21 Å². The van der Waals surface area contributed by atoms with Crippen LogP contribution in [-0.4, -0.2) is 66.7 Å². The number of nitrogens with one attached hydrogen (secondary N) is 1. The van der Waals surface area contributed by atoms with Crippen molar-refractivity contribution in [1.29, 1.82) is 5.41 Å². The fraction of sp³-hybridized carbons (Fsp3) is 0.522. The van der Waals surface area contributed by atoms with Crippen molar-refractivity contribution in [3.63, 3.8) is 0 Å². The van der Waals surface area contributed by atoms with Crippen LogP contribution in [0.4, 0.5) is 5.69 Å². The third-order valence-electron chi connectivity index (χ3n) is 5.92. The lowest BCUT2D eigenvalue weighted by molar-refractivity contribution is 0.1000. The summed E-state index contributed by atoms with van der Waals surface area (Å²) in [5.74, 6) is 0.735. The van der Waals surface area contributed by atoms with Crippen LogP contribution in [-0.2, 0) is 10.2 Å². The first kappa shape index (κ1) is 22.6. The summed E-state index contributed by atoms with van der Waals surface area (Å²) in [4.78, 5) is 15.6. The van der Waals surface area contributed by atoms with Gasteiger partial charge in [0.2, 0.25) is 0 Å². The summed E-state index contributed by atoms with van der Waals surface area (Å²) in [5, 5.41) is 14.6. The van der Waals surface area contributed by atoms with Crippen molar-refractivity contribution in [2.45, 2.75) is 39.0 Å². The minimum Gasteiger partial charge on any atom is -0.494 e. The summed E-state index contributed by atoms with van der Waals surface area (Å²) in [6, 6.07) is 3.84. The van der Waals surface area contributed by atoms with Crippen LogP contribution in [0, 0.1) is 5.41 Å². The zero-order chi connectivity index (χ0) is 23.0. The molecule has 9 heteroatoms. The zero-order valence-electron chi connectivity index (χ0n) is 19.1. The van der Waals surface area contributed by atoms with Gasteiger partial charge in [-0.15, -0.1) is 0 Å². The predicted molar refractivity (Wildman–Crippen MR) is 126 cm³/mol. The molecule has 0 amide bonds. The van der Waals surface area contributed by atoms with E-state index in [9.17, 15) is 4.79 Å². The lowest BCUT2D eigenvalue weighted by atomic mass is 9.83. The van der Waals surface area contributed by atoms with Gasteiger partial charge in [-0.05, 0) is 17.5 Å². The molecule has 0 unspecified atom stereocenters. The smallest absolute Gasteiger partial charge is 0.169 e. The first-order valence-electron chi connectivity index (χ1n) is 10.8. The number of morpholine rings is 1.